The molecule has 0 aliphatic heterocycles. The molecule has 0 aliphatic carbocycles. The molecule has 2 N–H and O–H groups in total. The summed E-state index contributed by atoms with van der Waals surface area (Å²) in [5.74, 6) is -0.0975. The molecule has 0 fully saturated rings. The Labute approximate surface area is 79.2 Å². The monoisotopic (exact) mass is 187 g/mol. The lowest BCUT2D eigenvalue weighted by atomic mass is 10.1. The van der Waals surface area contributed by atoms with Crippen LogP contribution in [0.3, 0.4) is 0 Å². The average molecular weight is 187 g/mol. The number of hydrogen-bond acceptors (Lipinski definition) is 3. The van der Waals surface area contributed by atoms with Gasteiger partial charge in [0.2, 0.25) is 0 Å². The Balaban J connectivity index is 3.21. The van der Waals surface area contributed by atoms with Crippen molar-refractivity contribution in [2.75, 3.05) is 20.6 Å². The van der Waals surface area contributed by atoms with Crippen molar-refractivity contribution < 1.29 is 14.9 Å². The summed E-state index contributed by atoms with van der Waals surface area (Å²) in [6.45, 7) is 1.14. The number of carbonyl (C=O) groups is 1. The molecule has 0 spiro atoms. The van der Waals surface area contributed by atoms with Gasteiger partial charge in [-0.25, -0.2) is 0 Å². The van der Waals surface area contributed by atoms with Gasteiger partial charge in [0.1, 0.15) is 6.21 Å². The molecule has 76 valence electrons. The topological polar surface area (TPSA) is 54.1 Å². The van der Waals surface area contributed by atoms with Gasteiger partial charge in [0.25, 0.3) is 0 Å². The third-order valence-electron chi connectivity index (χ3n) is 1.80. The van der Waals surface area contributed by atoms with E-state index in [-0.39, 0.29) is 5.78 Å². The molecule has 0 aliphatic rings. The van der Waals surface area contributed by atoms with Crippen LogP contribution in [0.4, 0.5) is 0 Å². The van der Waals surface area contributed by atoms with Crippen LogP contribution in [0.15, 0.2) is 5.16 Å². The van der Waals surface area contributed by atoms with Crippen LogP contribution in [0.25, 0.3) is 0 Å². The van der Waals surface area contributed by atoms with Crippen molar-refractivity contribution >= 4 is 12.0 Å². The maximum Gasteiger partial charge on any atom is 0.177 e. The Morgan fingerprint density at radius 1 is 1.38 bits per heavy atom. The van der Waals surface area contributed by atoms with Crippen molar-refractivity contribution in [2.45, 2.75) is 25.7 Å². The smallest absolute Gasteiger partial charge is 0.177 e. The lowest BCUT2D eigenvalue weighted by Crippen LogP contribution is -3.05. The van der Waals surface area contributed by atoms with Gasteiger partial charge in [-0.2, -0.15) is 0 Å². The second-order valence-corrected chi connectivity index (χ2v) is 3.48. The number of oxime groups is 1. The molecular formula is C9H19N2O2+. The van der Waals surface area contributed by atoms with E-state index < -0.39 is 0 Å². The summed E-state index contributed by atoms with van der Waals surface area (Å²) in [5, 5.41) is 10.7. The number of unbranched alkanes of at least 4 members (excludes halogenated alkanes) is 2. The lowest BCUT2D eigenvalue weighted by molar-refractivity contribution is -0.858. The summed E-state index contributed by atoms with van der Waals surface area (Å²) in [5.41, 5.74) is 0. The van der Waals surface area contributed by atoms with Crippen molar-refractivity contribution in [3.05, 3.63) is 0 Å². The van der Waals surface area contributed by atoms with E-state index in [2.05, 4.69) is 19.3 Å². The minimum Gasteiger partial charge on any atom is -0.411 e. The third-order valence-corrected chi connectivity index (χ3v) is 1.80. The van der Waals surface area contributed by atoms with Crippen LogP contribution in [0.1, 0.15) is 25.7 Å². The Morgan fingerprint density at radius 3 is 2.62 bits per heavy atom. The Bertz CT molecular complexity index is 167. The van der Waals surface area contributed by atoms with E-state index in [1.54, 1.807) is 0 Å². The van der Waals surface area contributed by atoms with Crippen LogP contribution < -0.4 is 4.90 Å². The molecule has 0 atom stereocenters. The highest BCUT2D eigenvalue weighted by Gasteiger charge is 1.98. The van der Waals surface area contributed by atoms with Gasteiger partial charge in [-0.15, -0.1) is 0 Å². The maximum atomic E-state index is 10.8. The molecule has 0 rings (SSSR count). The highest BCUT2D eigenvalue weighted by atomic mass is 16.4. The first-order chi connectivity index (χ1) is 6.16. The molecule has 13 heavy (non-hydrogen) atoms. The zero-order chi connectivity index (χ0) is 10.1. The molecular weight excluding hydrogens is 168 g/mol. The fraction of sp³-hybridized carbons (Fsp3) is 0.778. The van der Waals surface area contributed by atoms with E-state index in [4.69, 9.17) is 5.21 Å². The van der Waals surface area contributed by atoms with Gasteiger partial charge >= 0.3 is 0 Å². The Kier molecular flexibility index (Phi) is 7.20. The van der Waals surface area contributed by atoms with Crippen molar-refractivity contribution in [3.63, 3.8) is 0 Å². The molecule has 0 heterocycles. The van der Waals surface area contributed by atoms with Gasteiger partial charge in [0.05, 0.1) is 20.6 Å². The van der Waals surface area contributed by atoms with Gasteiger partial charge in [-0.3, -0.25) is 4.79 Å². The van der Waals surface area contributed by atoms with E-state index in [1.807, 2.05) is 0 Å². The standard InChI is InChI=1S/C9H18N2O2/c1-11(2)7-5-3-4-6-9(12)8-10-13/h8,13H,3-7H2,1-2H3/p+1/b10-8-. The van der Waals surface area contributed by atoms with E-state index in [9.17, 15) is 4.79 Å². The summed E-state index contributed by atoms with van der Waals surface area (Å²) >= 11 is 0. The van der Waals surface area contributed by atoms with E-state index in [0.29, 0.717) is 6.42 Å². The molecule has 0 saturated heterocycles. The van der Waals surface area contributed by atoms with Crippen LogP contribution >= 0.6 is 0 Å². The van der Waals surface area contributed by atoms with Crippen LogP contribution in [0.2, 0.25) is 0 Å². The maximum absolute atomic E-state index is 10.8. The Morgan fingerprint density at radius 2 is 2.08 bits per heavy atom. The molecule has 0 amide bonds. The quantitative estimate of drug-likeness (QED) is 0.249. The minimum absolute atomic E-state index is 0.0975. The van der Waals surface area contributed by atoms with Crippen LogP contribution in [0.5, 0.6) is 0 Å². The lowest BCUT2D eigenvalue weighted by Gasteiger charge is -2.05. The molecule has 0 saturated carbocycles. The summed E-state index contributed by atoms with van der Waals surface area (Å²) in [7, 11) is 4.23. The van der Waals surface area contributed by atoms with Crippen molar-refractivity contribution in [2.24, 2.45) is 5.16 Å². The molecule has 0 aromatic carbocycles. The zero-order valence-corrected chi connectivity index (χ0v) is 8.42. The van der Waals surface area contributed by atoms with Crippen molar-refractivity contribution in [1.82, 2.24) is 0 Å². The average Bonchev–Trinajstić information content (AvgIpc) is 2.03. The number of Topliss-reactive ketones (excluding diaryl/α,β-unsaturated/α-hetero) is 1. The van der Waals surface area contributed by atoms with Gasteiger partial charge in [-0.05, 0) is 19.3 Å². The number of quaternary nitrogens is 1. The minimum atomic E-state index is -0.0975. The Hall–Kier alpha value is -0.900. The number of hydrogen-bond donors (Lipinski definition) is 2. The largest absolute Gasteiger partial charge is 0.411 e. The summed E-state index contributed by atoms with van der Waals surface area (Å²) in [6, 6.07) is 0. The number of rotatable bonds is 7. The normalized spacial score (nSPS) is 11.3. The first-order valence-corrected chi connectivity index (χ1v) is 4.66. The molecule has 4 nitrogen and oxygen atoms in total. The van der Waals surface area contributed by atoms with Crippen molar-refractivity contribution in [1.29, 1.82) is 0 Å². The predicted molar refractivity (Wildman–Crippen MR) is 51.4 cm³/mol. The van der Waals surface area contributed by atoms with Gasteiger partial charge in [0, 0.05) is 6.42 Å². The fourth-order valence-corrected chi connectivity index (χ4v) is 1.08. The van der Waals surface area contributed by atoms with Crippen LogP contribution in [-0.2, 0) is 4.79 Å². The molecule has 4 heteroatoms. The summed E-state index contributed by atoms with van der Waals surface area (Å²) in [4.78, 5) is 12.3. The van der Waals surface area contributed by atoms with E-state index in [0.717, 1.165) is 32.0 Å². The third kappa shape index (κ3) is 9.01. The van der Waals surface area contributed by atoms with Crippen LogP contribution in [-0.4, -0.2) is 37.8 Å². The first-order valence-electron chi connectivity index (χ1n) is 4.66. The molecule has 0 aromatic heterocycles. The number of nitrogens with one attached hydrogen (secondary N) is 1. The van der Waals surface area contributed by atoms with Crippen molar-refractivity contribution in [3.8, 4) is 0 Å². The molecule has 0 unspecified atom stereocenters. The number of nitrogens with zero attached hydrogens (tertiary/aromatic N) is 1. The fourth-order valence-electron chi connectivity index (χ4n) is 1.08. The second-order valence-electron chi connectivity index (χ2n) is 3.48. The molecule has 0 aromatic rings. The van der Waals surface area contributed by atoms with E-state index in [1.165, 1.54) is 4.90 Å². The summed E-state index contributed by atoms with van der Waals surface area (Å²) in [6.07, 6.45) is 4.56. The summed E-state index contributed by atoms with van der Waals surface area (Å²) < 4.78 is 0. The van der Waals surface area contributed by atoms with Crippen LogP contribution in [0, 0.1) is 0 Å². The van der Waals surface area contributed by atoms with E-state index >= 15 is 0 Å². The van der Waals surface area contributed by atoms with Gasteiger partial charge in [0.15, 0.2) is 5.78 Å². The van der Waals surface area contributed by atoms with Gasteiger partial charge < -0.3 is 10.1 Å². The van der Waals surface area contributed by atoms with Gasteiger partial charge in [-0.1, -0.05) is 5.16 Å². The number of ketones is 1. The second kappa shape index (κ2) is 7.73. The zero-order valence-electron chi connectivity index (χ0n) is 8.42. The highest BCUT2D eigenvalue weighted by molar-refractivity contribution is 6.27. The molecule has 0 radical (unpaired) electrons. The first kappa shape index (κ1) is 12.1. The predicted octanol–water partition coefficient (Wildman–Crippen LogP) is -0.280. The molecule has 0 bridgehead atoms. The highest BCUT2D eigenvalue weighted by Crippen LogP contribution is 1.97. The number of carbonyl (C=O) groups excluding carboxylic acids is 1. The SMILES string of the molecule is C[NH+](C)CCCCCC(=O)/C=N\O.